The van der Waals surface area contributed by atoms with E-state index in [1.807, 2.05) is 0 Å². The first-order valence-electron chi connectivity index (χ1n) is 9.78. The number of imide groups is 1. The van der Waals surface area contributed by atoms with Crippen LogP contribution in [0.2, 0.25) is 0 Å². The fraction of sp³-hybridized carbons (Fsp3) is 0.136. The molecule has 0 unspecified atom stereocenters. The summed E-state index contributed by atoms with van der Waals surface area (Å²) in [5.74, 6) is -0.130. The molecule has 0 bridgehead atoms. The van der Waals surface area contributed by atoms with Gasteiger partial charge in [0.1, 0.15) is 22.8 Å². The van der Waals surface area contributed by atoms with Crippen molar-refractivity contribution in [1.82, 2.24) is 10.3 Å². The zero-order chi connectivity index (χ0) is 24.5. The van der Waals surface area contributed by atoms with E-state index in [1.165, 1.54) is 61.7 Å². The number of nitrogens with one attached hydrogen (secondary N) is 1. The van der Waals surface area contributed by atoms with Gasteiger partial charge in [-0.3, -0.25) is 14.9 Å². The molecule has 0 spiro atoms. The number of ether oxygens (including phenoxy) is 1. The van der Waals surface area contributed by atoms with E-state index in [2.05, 4.69) is 15.2 Å². The van der Waals surface area contributed by atoms with E-state index in [0.717, 1.165) is 0 Å². The highest BCUT2D eigenvalue weighted by atomic mass is 19.3. The molecular weight excluding hydrogens is 454 g/mol. The highest BCUT2D eigenvalue weighted by Gasteiger charge is 2.49. The van der Waals surface area contributed by atoms with E-state index < -0.39 is 29.0 Å². The summed E-state index contributed by atoms with van der Waals surface area (Å²) in [6.45, 7) is -1.52. The van der Waals surface area contributed by atoms with Crippen molar-refractivity contribution < 1.29 is 32.4 Å². The molecule has 3 aromatic rings. The number of alkyl halides is 2. The quantitative estimate of drug-likeness (QED) is 0.238. The summed E-state index contributed by atoms with van der Waals surface area (Å²) < 4.78 is 34.6. The number of carbonyl (C=O) groups is 2. The van der Waals surface area contributed by atoms with E-state index >= 15 is 0 Å². The third-order valence-electron chi connectivity index (χ3n) is 5.12. The zero-order valence-electron chi connectivity index (χ0n) is 17.5. The third-order valence-corrected chi connectivity index (χ3v) is 5.12. The minimum atomic E-state index is -2.98. The Hall–Kier alpha value is -4.61. The smallest absolute Gasteiger partial charge is 0.387 e. The second-order valence-electron chi connectivity index (χ2n) is 7.33. The Labute approximate surface area is 190 Å². The topological polar surface area (TPSA) is 127 Å². The number of carbonyl (C=O) groups excluding carboxylic acids is 2. The molecule has 34 heavy (non-hydrogen) atoms. The van der Waals surface area contributed by atoms with Crippen LogP contribution in [0.25, 0.3) is 11.3 Å². The molecule has 1 fully saturated rings. The standard InChI is InChI=1S/C22H16F2N4O6/c1-22(14-4-8-16(9-5-14)34-20(23)24)19(29)27(21(30)26-22)25-12-17-10-11-18(33-17)13-2-6-15(7-3-13)28(31)32/h2-12,20H,1H3,(H,26,30)/b25-12-/t22-/m1/s1. The molecule has 174 valence electrons. The molecule has 1 aliphatic rings. The maximum Gasteiger partial charge on any atom is 0.387 e. The molecule has 1 aliphatic heterocycles. The Morgan fingerprint density at radius 1 is 1.12 bits per heavy atom. The van der Waals surface area contributed by atoms with E-state index in [9.17, 15) is 28.5 Å². The first-order chi connectivity index (χ1) is 16.2. The first-order valence-corrected chi connectivity index (χ1v) is 9.78. The number of non-ortho nitro benzene ring substituents is 1. The van der Waals surface area contributed by atoms with Gasteiger partial charge in [0.2, 0.25) is 0 Å². The van der Waals surface area contributed by atoms with E-state index in [4.69, 9.17) is 4.42 Å². The van der Waals surface area contributed by atoms with Gasteiger partial charge in [-0.2, -0.15) is 13.9 Å². The lowest BCUT2D eigenvalue weighted by molar-refractivity contribution is -0.384. The number of hydrazone groups is 1. The molecule has 1 aromatic heterocycles. The van der Waals surface area contributed by atoms with Crippen LogP contribution in [0.4, 0.5) is 19.3 Å². The number of nitro benzene ring substituents is 1. The number of benzene rings is 2. The fourth-order valence-corrected chi connectivity index (χ4v) is 3.33. The number of nitrogens with zero attached hydrogens (tertiary/aromatic N) is 3. The van der Waals surface area contributed by atoms with Crippen molar-refractivity contribution in [3.05, 3.63) is 82.1 Å². The monoisotopic (exact) mass is 470 g/mol. The van der Waals surface area contributed by atoms with Gasteiger partial charge < -0.3 is 14.5 Å². The van der Waals surface area contributed by atoms with Gasteiger partial charge >= 0.3 is 12.6 Å². The van der Waals surface area contributed by atoms with Crippen LogP contribution < -0.4 is 10.1 Å². The lowest BCUT2D eigenvalue weighted by atomic mass is 9.92. The lowest BCUT2D eigenvalue weighted by Crippen LogP contribution is -2.40. The van der Waals surface area contributed by atoms with Crippen LogP contribution in [0.5, 0.6) is 5.75 Å². The normalized spacial score (nSPS) is 18.1. The third kappa shape index (κ3) is 4.33. The van der Waals surface area contributed by atoms with Crippen molar-refractivity contribution in [2.45, 2.75) is 19.1 Å². The highest BCUT2D eigenvalue weighted by molar-refractivity contribution is 6.07. The molecule has 12 heteroatoms. The maximum atomic E-state index is 12.9. The number of amides is 3. The predicted molar refractivity (Wildman–Crippen MR) is 114 cm³/mol. The number of hydrogen-bond acceptors (Lipinski definition) is 7. The molecule has 0 radical (unpaired) electrons. The fourth-order valence-electron chi connectivity index (χ4n) is 3.33. The van der Waals surface area contributed by atoms with Gasteiger partial charge in [-0.15, -0.1) is 5.01 Å². The number of hydrogen-bond donors (Lipinski definition) is 1. The summed E-state index contributed by atoms with van der Waals surface area (Å²) >= 11 is 0. The SMILES string of the molecule is C[C@]1(c2ccc(OC(F)F)cc2)NC(=O)N(/N=C\c2ccc(-c3ccc([N+](=O)[O-])cc3)o2)C1=O. The van der Waals surface area contributed by atoms with Crippen molar-refractivity contribution >= 4 is 23.8 Å². The summed E-state index contributed by atoms with van der Waals surface area (Å²) in [5, 5.41) is 17.9. The number of rotatable bonds is 7. The lowest BCUT2D eigenvalue weighted by Gasteiger charge is -2.21. The summed E-state index contributed by atoms with van der Waals surface area (Å²) in [7, 11) is 0. The van der Waals surface area contributed by atoms with Crippen LogP contribution >= 0.6 is 0 Å². The largest absolute Gasteiger partial charge is 0.455 e. The molecule has 2 aromatic carbocycles. The maximum absolute atomic E-state index is 12.9. The Bertz CT molecular complexity index is 1270. The average Bonchev–Trinajstić information content (AvgIpc) is 3.36. The van der Waals surface area contributed by atoms with E-state index in [0.29, 0.717) is 21.9 Å². The van der Waals surface area contributed by atoms with Crippen LogP contribution in [0, 0.1) is 10.1 Å². The summed E-state index contributed by atoms with van der Waals surface area (Å²) in [6, 6.07) is 13.4. The molecule has 0 aliphatic carbocycles. The van der Waals surface area contributed by atoms with Gasteiger partial charge in [0, 0.05) is 17.7 Å². The molecular formula is C22H16F2N4O6. The van der Waals surface area contributed by atoms with Crippen LogP contribution in [0.1, 0.15) is 18.2 Å². The Morgan fingerprint density at radius 2 is 1.79 bits per heavy atom. The minimum absolute atomic E-state index is 0.0603. The molecule has 1 atom stereocenters. The van der Waals surface area contributed by atoms with Gasteiger partial charge in [0.25, 0.3) is 11.6 Å². The van der Waals surface area contributed by atoms with Gasteiger partial charge in [-0.1, -0.05) is 12.1 Å². The second-order valence-corrected chi connectivity index (χ2v) is 7.33. The predicted octanol–water partition coefficient (Wildman–Crippen LogP) is 4.26. The first kappa shape index (κ1) is 22.6. The molecule has 1 saturated heterocycles. The summed E-state index contributed by atoms with van der Waals surface area (Å²) in [4.78, 5) is 35.6. The molecule has 2 heterocycles. The van der Waals surface area contributed by atoms with Gasteiger partial charge in [-0.25, -0.2) is 4.79 Å². The van der Waals surface area contributed by atoms with Crippen molar-refractivity contribution in [2.75, 3.05) is 0 Å². The molecule has 3 amide bonds. The van der Waals surface area contributed by atoms with Crippen LogP contribution in [0.3, 0.4) is 0 Å². The minimum Gasteiger partial charge on any atom is -0.455 e. The van der Waals surface area contributed by atoms with Crippen LogP contribution in [0.15, 0.2) is 70.2 Å². The van der Waals surface area contributed by atoms with Crippen molar-refractivity contribution in [3.63, 3.8) is 0 Å². The van der Waals surface area contributed by atoms with Crippen molar-refractivity contribution in [3.8, 4) is 17.1 Å². The number of nitro groups is 1. The van der Waals surface area contributed by atoms with Crippen LogP contribution in [-0.4, -0.2) is 34.7 Å². The molecule has 4 rings (SSSR count). The Balaban J connectivity index is 1.49. The second kappa shape index (κ2) is 8.73. The Morgan fingerprint density at radius 3 is 2.41 bits per heavy atom. The number of furan rings is 1. The summed E-state index contributed by atoms with van der Waals surface area (Å²) in [6.07, 6.45) is 1.18. The van der Waals surface area contributed by atoms with Gasteiger partial charge in [0.05, 0.1) is 11.1 Å². The van der Waals surface area contributed by atoms with Gasteiger partial charge in [-0.05, 0) is 48.9 Å². The summed E-state index contributed by atoms with van der Waals surface area (Å²) in [5.41, 5.74) is -0.587. The number of halogens is 2. The van der Waals surface area contributed by atoms with Gasteiger partial charge in [0.15, 0.2) is 0 Å². The van der Waals surface area contributed by atoms with E-state index in [1.54, 1.807) is 12.1 Å². The average molecular weight is 470 g/mol. The molecule has 0 saturated carbocycles. The van der Waals surface area contributed by atoms with Crippen molar-refractivity contribution in [2.24, 2.45) is 5.10 Å². The van der Waals surface area contributed by atoms with Crippen LogP contribution in [-0.2, 0) is 10.3 Å². The highest BCUT2D eigenvalue weighted by Crippen LogP contribution is 2.31. The number of urea groups is 1. The Kier molecular flexibility index (Phi) is 5.80. The zero-order valence-corrected chi connectivity index (χ0v) is 17.5. The van der Waals surface area contributed by atoms with Crippen molar-refractivity contribution in [1.29, 1.82) is 0 Å². The molecule has 1 N–H and O–H groups in total. The molecule has 10 nitrogen and oxygen atoms in total. The van der Waals surface area contributed by atoms with E-state index in [-0.39, 0.29) is 17.2 Å².